The van der Waals surface area contributed by atoms with Gasteiger partial charge in [0.1, 0.15) is 12.3 Å². The highest BCUT2D eigenvalue weighted by molar-refractivity contribution is 7.98. The molecule has 0 unspecified atom stereocenters. The molecule has 0 N–H and O–H groups in total. The molecule has 1 amide bonds. The fourth-order valence-electron chi connectivity index (χ4n) is 2.91. The lowest BCUT2D eigenvalue weighted by Crippen LogP contribution is -2.43. The highest BCUT2D eigenvalue weighted by Gasteiger charge is 2.30. The predicted molar refractivity (Wildman–Crippen MR) is 118 cm³/mol. The minimum absolute atomic E-state index is 0.133. The second-order valence-corrected chi connectivity index (χ2v) is 8.90. The van der Waals surface area contributed by atoms with Crippen LogP contribution in [0.4, 0.5) is 5.69 Å². The third kappa shape index (κ3) is 5.45. The summed E-state index contributed by atoms with van der Waals surface area (Å²) in [6, 6.07) is 13.5. The van der Waals surface area contributed by atoms with E-state index >= 15 is 0 Å². The number of amides is 1. The number of thioether (sulfide) groups is 1. The van der Waals surface area contributed by atoms with Gasteiger partial charge in [-0.05, 0) is 63.4 Å². The summed E-state index contributed by atoms with van der Waals surface area (Å²) in [6.45, 7) is 6.69. The fourth-order valence-corrected chi connectivity index (χ4v) is 4.75. The first-order chi connectivity index (χ1) is 13.9. The summed E-state index contributed by atoms with van der Waals surface area (Å²) in [4.78, 5) is 15.5. The van der Waals surface area contributed by atoms with E-state index < -0.39 is 10.0 Å². The Labute approximate surface area is 177 Å². The van der Waals surface area contributed by atoms with Crippen molar-refractivity contribution in [3.63, 3.8) is 0 Å². The number of likely N-dealkylation sites (N-methyl/N-ethyl adjacent to an activating group) is 1. The van der Waals surface area contributed by atoms with Crippen molar-refractivity contribution in [3.05, 3.63) is 48.5 Å². The van der Waals surface area contributed by atoms with Crippen LogP contribution in [0.15, 0.2) is 58.3 Å². The van der Waals surface area contributed by atoms with E-state index in [9.17, 15) is 13.2 Å². The number of anilines is 1. The lowest BCUT2D eigenvalue weighted by Gasteiger charge is -2.28. The van der Waals surface area contributed by atoms with Gasteiger partial charge in [0.25, 0.3) is 10.0 Å². The van der Waals surface area contributed by atoms with Crippen LogP contribution >= 0.6 is 11.8 Å². The summed E-state index contributed by atoms with van der Waals surface area (Å²) in [5.74, 6) is 0.164. The van der Waals surface area contributed by atoms with Crippen LogP contribution in [0.25, 0.3) is 0 Å². The second-order valence-electron chi connectivity index (χ2n) is 6.15. The van der Waals surface area contributed by atoms with E-state index in [1.165, 1.54) is 11.8 Å². The van der Waals surface area contributed by atoms with Gasteiger partial charge in [-0.15, -0.1) is 11.8 Å². The zero-order chi connectivity index (χ0) is 21.4. The van der Waals surface area contributed by atoms with E-state index in [1.54, 1.807) is 53.4 Å². The summed E-state index contributed by atoms with van der Waals surface area (Å²) in [5.41, 5.74) is 0.351. The third-order valence-electron chi connectivity index (χ3n) is 4.48. The summed E-state index contributed by atoms with van der Waals surface area (Å²) in [7, 11) is -3.97. The molecule has 8 heteroatoms. The molecular formula is C21H28N2O4S2. The summed E-state index contributed by atoms with van der Waals surface area (Å²) < 4.78 is 33.8. The van der Waals surface area contributed by atoms with Gasteiger partial charge in [0.15, 0.2) is 0 Å². The van der Waals surface area contributed by atoms with Gasteiger partial charge in [0.2, 0.25) is 5.91 Å². The minimum atomic E-state index is -3.97. The number of benzene rings is 2. The highest BCUT2D eigenvalue weighted by atomic mass is 32.2. The molecule has 2 rings (SSSR count). The van der Waals surface area contributed by atoms with E-state index in [1.807, 2.05) is 27.0 Å². The number of sulfonamides is 1. The van der Waals surface area contributed by atoms with Crippen LogP contribution in [0.1, 0.15) is 20.8 Å². The third-order valence-corrected chi connectivity index (χ3v) is 6.99. The number of para-hydroxylation sites is 2. The molecule has 158 valence electrons. The minimum Gasteiger partial charge on any atom is -0.492 e. The van der Waals surface area contributed by atoms with E-state index in [2.05, 4.69) is 0 Å². The van der Waals surface area contributed by atoms with E-state index in [-0.39, 0.29) is 17.3 Å². The monoisotopic (exact) mass is 436 g/mol. The SMILES string of the molecule is CCOc1ccccc1N(CC(=O)N(CC)CC)S(=O)(=O)c1ccc(SC)cc1. The first-order valence-corrected chi connectivity index (χ1v) is 12.2. The van der Waals surface area contributed by atoms with Gasteiger partial charge in [-0.2, -0.15) is 0 Å². The Morgan fingerprint density at radius 3 is 2.17 bits per heavy atom. The van der Waals surface area contributed by atoms with Crippen LogP contribution in [0.2, 0.25) is 0 Å². The van der Waals surface area contributed by atoms with Crippen molar-refractivity contribution < 1.29 is 17.9 Å². The van der Waals surface area contributed by atoms with Crippen LogP contribution < -0.4 is 9.04 Å². The molecule has 2 aromatic rings. The van der Waals surface area contributed by atoms with E-state index in [0.717, 1.165) is 9.20 Å². The molecule has 2 aromatic carbocycles. The zero-order valence-corrected chi connectivity index (χ0v) is 18.9. The van der Waals surface area contributed by atoms with Gasteiger partial charge in [0, 0.05) is 18.0 Å². The zero-order valence-electron chi connectivity index (χ0n) is 17.3. The molecule has 0 saturated carbocycles. The summed E-state index contributed by atoms with van der Waals surface area (Å²) >= 11 is 1.53. The Kier molecular flexibility index (Phi) is 8.40. The lowest BCUT2D eigenvalue weighted by atomic mass is 10.3. The smallest absolute Gasteiger partial charge is 0.264 e. The quantitative estimate of drug-likeness (QED) is 0.529. The van der Waals surface area contributed by atoms with Gasteiger partial charge in [0.05, 0.1) is 17.2 Å². The predicted octanol–water partition coefficient (Wildman–Crippen LogP) is 3.87. The number of hydrogen-bond acceptors (Lipinski definition) is 5. The Morgan fingerprint density at radius 1 is 1.00 bits per heavy atom. The molecule has 0 heterocycles. The molecule has 0 radical (unpaired) electrons. The average molecular weight is 437 g/mol. The largest absolute Gasteiger partial charge is 0.492 e. The average Bonchev–Trinajstić information content (AvgIpc) is 2.73. The molecule has 0 atom stereocenters. The molecule has 0 fully saturated rings. The van der Waals surface area contributed by atoms with Gasteiger partial charge in [-0.3, -0.25) is 9.10 Å². The van der Waals surface area contributed by atoms with Crippen LogP contribution in [0.5, 0.6) is 5.75 Å². The van der Waals surface area contributed by atoms with Gasteiger partial charge < -0.3 is 9.64 Å². The van der Waals surface area contributed by atoms with Crippen molar-refractivity contribution in [2.24, 2.45) is 0 Å². The molecule has 29 heavy (non-hydrogen) atoms. The van der Waals surface area contributed by atoms with Crippen LogP contribution in [0.3, 0.4) is 0 Å². The number of carbonyl (C=O) groups excluding carboxylic acids is 1. The lowest BCUT2D eigenvalue weighted by molar-refractivity contribution is -0.129. The van der Waals surface area contributed by atoms with Crippen LogP contribution in [0, 0.1) is 0 Å². The molecular weight excluding hydrogens is 408 g/mol. The van der Waals surface area contributed by atoms with E-state index in [0.29, 0.717) is 31.1 Å². The normalized spacial score (nSPS) is 11.2. The molecule has 6 nitrogen and oxygen atoms in total. The highest BCUT2D eigenvalue weighted by Crippen LogP contribution is 2.33. The number of nitrogens with zero attached hydrogens (tertiary/aromatic N) is 2. The number of rotatable bonds is 10. The maximum atomic E-state index is 13.5. The molecule has 0 aliphatic carbocycles. The van der Waals surface area contributed by atoms with Crippen molar-refractivity contribution in [1.82, 2.24) is 4.90 Å². The molecule has 0 bridgehead atoms. The van der Waals surface area contributed by atoms with Crippen molar-refractivity contribution in [2.45, 2.75) is 30.6 Å². The Hall–Kier alpha value is -2.19. The van der Waals surface area contributed by atoms with Gasteiger partial charge in [-0.1, -0.05) is 12.1 Å². The Bertz CT molecular complexity index is 911. The Balaban J connectivity index is 2.55. The number of carbonyl (C=O) groups is 1. The van der Waals surface area contributed by atoms with Crippen LogP contribution in [-0.2, 0) is 14.8 Å². The van der Waals surface area contributed by atoms with E-state index in [4.69, 9.17) is 4.74 Å². The van der Waals surface area contributed by atoms with Crippen molar-refractivity contribution in [1.29, 1.82) is 0 Å². The van der Waals surface area contributed by atoms with Gasteiger partial charge in [-0.25, -0.2) is 8.42 Å². The number of hydrogen-bond donors (Lipinski definition) is 0. The van der Waals surface area contributed by atoms with Crippen molar-refractivity contribution in [2.75, 3.05) is 36.8 Å². The summed E-state index contributed by atoms with van der Waals surface area (Å²) in [6.07, 6.45) is 1.93. The maximum Gasteiger partial charge on any atom is 0.264 e. The Morgan fingerprint density at radius 2 is 1.62 bits per heavy atom. The molecule has 0 aliphatic heterocycles. The molecule has 0 aliphatic rings. The first-order valence-electron chi connectivity index (χ1n) is 9.55. The standard InChI is InChI=1S/C21H28N2O4S2/c1-5-22(6-2)21(24)16-23(19-10-8-9-11-20(19)27-7-3)29(25,26)18-14-12-17(28-4)13-15-18/h8-15H,5-7,16H2,1-4H3. The molecule has 0 spiro atoms. The molecule has 0 saturated heterocycles. The number of ether oxygens (including phenoxy) is 1. The maximum absolute atomic E-state index is 13.5. The van der Waals surface area contributed by atoms with Crippen LogP contribution in [-0.4, -0.2) is 51.7 Å². The second kappa shape index (κ2) is 10.5. The van der Waals surface area contributed by atoms with Gasteiger partial charge >= 0.3 is 0 Å². The first kappa shape index (κ1) is 23.1. The molecule has 0 aromatic heterocycles. The van der Waals surface area contributed by atoms with Crippen molar-refractivity contribution >= 4 is 33.4 Å². The topological polar surface area (TPSA) is 66.9 Å². The van der Waals surface area contributed by atoms with Crippen molar-refractivity contribution in [3.8, 4) is 5.75 Å². The summed E-state index contributed by atoms with van der Waals surface area (Å²) in [5, 5.41) is 0. The fraction of sp³-hybridized carbons (Fsp3) is 0.381.